The summed E-state index contributed by atoms with van der Waals surface area (Å²) in [5.74, 6) is -0.788. The van der Waals surface area contributed by atoms with Crippen molar-refractivity contribution in [2.75, 3.05) is 7.11 Å². The topological polar surface area (TPSA) is 52.1 Å². The first-order valence-corrected chi connectivity index (χ1v) is 5.70. The SMILES string of the molecule is COC(=O)Cc1csc(-c2ccncc2F)n1. The molecule has 0 bridgehead atoms. The van der Waals surface area contributed by atoms with E-state index in [0.717, 1.165) is 6.20 Å². The van der Waals surface area contributed by atoms with Crippen molar-refractivity contribution in [3.63, 3.8) is 0 Å². The van der Waals surface area contributed by atoms with Crippen molar-refractivity contribution in [2.45, 2.75) is 6.42 Å². The van der Waals surface area contributed by atoms with Gasteiger partial charge in [-0.05, 0) is 6.07 Å². The standard InChI is InChI=1S/C11H9FN2O2S/c1-16-10(15)4-7-6-17-11(14-7)8-2-3-13-5-9(8)12/h2-3,5-6H,4H2,1H3. The van der Waals surface area contributed by atoms with Gasteiger partial charge in [0.2, 0.25) is 0 Å². The molecule has 0 N–H and O–H groups in total. The van der Waals surface area contributed by atoms with Gasteiger partial charge in [-0.2, -0.15) is 0 Å². The average molecular weight is 252 g/mol. The fourth-order valence-electron chi connectivity index (χ4n) is 1.28. The summed E-state index contributed by atoms with van der Waals surface area (Å²) in [6, 6.07) is 1.55. The van der Waals surface area contributed by atoms with Crippen LogP contribution in [-0.4, -0.2) is 23.0 Å². The quantitative estimate of drug-likeness (QED) is 0.785. The number of halogens is 1. The van der Waals surface area contributed by atoms with E-state index < -0.39 is 5.82 Å². The lowest BCUT2D eigenvalue weighted by Crippen LogP contribution is -2.04. The van der Waals surface area contributed by atoms with Crippen LogP contribution in [0.4, 0.5) is 4.39 Å². The molecule has 0 saturated heterocycles. The molecule has 17 heavy (non-hydrogen) atoms. The van der Waals surface area contributed by atoms with Gasteiger partial charge in [-0.15, -0.1) is 11.3 Å². The van der Waals surface area contributed by atoms with E-state index in [1.165, 1.54) is 24.6 Å². The van der Waals surface area contributed by atoms with Crippen LogP contribution in [-0.2, 0) is 16.0 Å². The highest BCUT2D eigenvalue weighted by atomic mass is 32.1. The lowest BCUT2D eigenvalue weighted by atomic mass is 10.2. The Bertz CT molecular complexity index is 542. The van der Waals surface area contributed by atoms with Gasteiger partial charge in [0.15, 0.2) is 5.82 Å². The van der Waals surface area contributed by atoms with Gasteiger partial charge in [0, 0.05) is 17.1 Å². The largest absolute Gasteiger partial charge is 0.469 e. The van der Waals surface area contributed by atoms with Gasteiger partial charge < -0.3 is 4.74 Å². The molecule has 0 aliphatic heterocycles. The smallest absolute Gasteiger partial charge is 0.311 e. The molecular formula is C11H9FN2O2S. The van der Waals surface area contributed by atoms with Gasteiger partial charge in [0.05, 0.1) is 25.4 Å². The van der Waals surface area contributed by atoms with E-state index in [2.05, 4.69) is 14.7 Å². The van der Waals surface area contributed by atoms with Crippen LogP contribution in [0.25, 0.3) is 10.6 Å². The predicted octanol–water partition coefficient (Wildman–Crippen LogP) is 2.06. The number of pyridine rings is 1. The van der Waals surface area contributed by atoms with Crippen LogP contribution in [0.5, 0.6) is 0 Å². The maximum Gasteiger partial charge on any atom is 0.311 e. The Kier molecular flexibility index (Phi) is 3.43. The Balaban J connectivity index is 2.24. The molecule has 2 aromatic rings. The molecule has 0 aliphatic rings. The molecule has 0 aromatic carbocycles. The first kappa shape index (κ1) is 11.7. The molecule has 88 valence electrons. The minimum absolute atomic E-state index is 0.0969. The highest BCUT2D eigenvalue weighted by Gasteiger charge is 2.11. The molecule has 0 fully saturated rings. The summed E-state index contributed by atoms with van der Waals surface area (Å²) in [4.78, 5) is 18.9. The number of carbonyl (C=O) groups excluding carboxylic acids is 1. The van der Waals surface area contributed by atoms with Gasteiger partial charge in [0.1, 0.15) is 5.01 Å². The van der Waals surface area contributed by atoms with Crippen LogP contribution in [0.2, 0.25) is 0 Å². The normalized spacial score (nSPS) is 10.2. The van der Waals surface area contributed by atoms with Crippen molar-refractivity contribution < 1.29 is 13.9 Å². The maximum absolute atomic E-state index is 13.4. The summed E-state index contributed by atoms with van der Waals surface area (Å²) >= 11 is 1.28. The molecule has 0 aliphatic carbocycles. The van der Waals surface area contributed by atoms with E-state index >= 15 is 0 Å². The minimum atomic E-state index is -0.425. The van der Waals surface area contributed by atoms with E-state index in [4.69, 9.17) is 0 Å². The van der Waals surface area contributed by atoms with Gasteiger partial charge >= 0.3 is 5.97 Å². The molecule has 0 unspecified atom stereocenters. The van der Waals surface area contributed by atoms with Crippen molar-refractivity contribution in [2.24, 2.45) is 0 Å². The minimum Gasteiger partial charge on any atom is -0.469 e. The van der Waals surface area contributed by atoms with Crippen LogP contribution in [0.15, 0.2) is 23.8 Å². The zero-order valence-electron chi connectivity index (χ0n) is 9.01. The van der Waals surface area contributed by atoms with Crippen LogP contribution >= 0.6 is 11.3 Å². The van der Waals surface area contributed by atoms with E-state index in [0.29, 0.717) is 16.3 Å². The fraction of sp³-hybridized carbons (Fsp3) is 0.182. The van der Waals surface area contributed by atoms with Crippen LogP contribution in [0.3, 0.4) is 0 Å². The summed E-state index contributed by atoms with van der Waals surface area (Å²) in [6.45, 7) is 0. The molecule has 0 amide bonds. The van der Waals surface area contributed by atoms with Crippen molar-refractivity contribution >= 4 is 17.3 Å². The van der Waals surface area contributed by atoms with Crippen molar-refractivity contribution in [1.82, 2.24) is 9.97 Å². The zero-order valence-corrected chi connectivity index (χ0v) is 9.83. The Morgan fingerprint density at radius 1 is 1.59 bits per heavy atom. The van der Waals surface area contributed by atoms with Gasteiger partial charge in [-0.3, -0.25) is 9.78 Å². The molecule has 0 saturated carbocycles. The number of aromatic nitrogens is 2. The second-order valence-corrected chi connectivity index (χ2v) is 4.11. The van der Waals surface area contributed by atoms with E-state index in [1.807, 2.05) is 0 Å². The number of rotatable bonds is 3. The van der Waals surface area contributed by atoms with Gasteiger partial charge in [0.25, 0.3) is 0 Å². The van der Waals surface area contributed by atoms with E-state index in [9.17, 15) is 9.18 Å². The second kappa shape index (κ2) is 5.01. The Labute approximate surface area is 101 Å². The third-order valence-electron chi connectivity index (χ3n) is 2.11. The molecule has 0 radical (unpaired) electrons. The molecule has 6 heteroatoms. The van der Waals surface area contributed by atoms with Crippen molar-refractivity contribution in [1.29, 1.82) is 0 Å². The lowest BCUT2D eigenvalue weighted by Gasteiger charge is -1.97. The first-order chi connectivity index (χ1) is 8.20. The molecule has 2 heterocycles. The van der Waals surface area contributed by atoms with Crippen LogP contribution in [0, 0.1) is 5.82 Å². The van der Waals surface area contributed by atoms with E-state index in [1.54, 1.807) is 11.4 Å². The highest BCUT2D eigenvalue weighted by molar-refractivity contribution is 7.13. The number of nitrogens with zero attached hydrogens (tertiary/aromatic N) is 2. The number of esters is 1. The lowest BCUT2D eigenvalue weighted by molar-refractivity contribution is -0.139. The number of carbonyl (C=O) groups is 1. The average Bonchev–Trinajstić information content (AvgIpc) is 2.78. The molecule has 2 aromatic heterocycles. The summed E-state index contributed by atoms with van der Waals surface area (Å²) in [7, 11) is 1.32. The number of hydrogen-bond donors (Lipinski definition) is 0. The summed E-state index contributed by atoms with van der Waals surface area (Å²) in [5, 5.41) is 2.25. The highest BCUT2D eigenvalue weighted by Crippen LogP contribution is 2.25. The summed E-state index contributed by atoms with van der Waals surface area (Å²) in [5.41, 5.74) is 0.967. The van der Waals surface area contributed by atoms with Gasteiger partial charge in [-0.1, -0.05) is 0 Å². The zero-order chi connectivity index (χ0) is 12.3. The number of hydrogen-bond acceptors (Lipinski definition) is 5. The monoisotopic (exact) mass is 252 g/mol. The van der Waals surface area contributed by atoms with Crippen molar-refractivity contribution in [3.8, 4) is 10.6 Å². The Hall–Kier alpha value is -1.82. The third-order valence-corrected chi connectivity index (χ3v) is 3.03. The molecule has 0 atom stereocenters. The maximum atomic E-state index is 13.4. The summed E-state index contributed by atoms with van der Waals surface area (Å²) in [6.07, 6.45) is 2.73. The predicted molar refractivity (Wildman–Crippen MR) is 61.0 cm³/mol. The first-order valence-electron chi connectivity index (χ1n) is 4.82. The van der Waals surface area contributed by atoms with Crippen LogP contribution in [0.1, 0.15) is 5.69 Å². The number of methoxy groups -OCH3 is 1. The van der Waals surface area contributed by atoms with E-state index in [-0.39, 0.29) is 12.4 Å². The summed E-state index contributed by atoms with van der Waals surface area (Å²) < 4.78 is 18.0. The molecule has 4 nitrogen and oxygen atoms in total. The molecular weight excluding hydrogens is 243 g/mol. The Morgan fingerprint density at radius 2 is 2.41 bits per heavy atom. The molecule has 2 rings (SSSR count). The number of ether oxygens (including phenoxy) is 1. The molecule has 0 spiro atoms. The van der Waals surface area contributed by atoms with Gasteiger partial charge in [-0.25, -0.2) is 9.37 Å². The third kappa shape index (κ3) is 2.65. The Morgan fingerprint density at radius 3 is 3.12 bits per heavy atom. The fourth-order valence-corrected chi connectivity index (χ4v) is 2.13. The van der Waals surface area contributed by atoms with Crippen LogP contribution < -0.4 is 0 Å². The van der Waals surface area contributed by atoms with Crippen molar-refractivity contribution in [3.05, 3.63) is 35.4 Å². The number of thiazole rings is 1. The second-order valence-electron chi connectivity index (χ2n) is 3.25.